The minimum atomic E-state index is -0.257. The van der Waals surface area contributed by atoms with Crippen LogP contribution in [0, 0.1) is 17.2 Å². The molecule has 0 aliphatic carbocycles. The SMILES string of the molecule is CC(C#N)CC(=O)Nc1ccccc1Br. The molecule has 78 valence electrons. The van der Waals surface area contributed by atoms with Gasteiger partial charge >= 0.3 is 0 Å². The van der Waals surface area contributed by atoms with Crippen molar-refractivity contribution >= 4 is 27.5 Å². The zero-order chi connectivity index (χ0) is 11.3. The van der Waals surface area contributed by atoms with Gasteiger partial charge in [0.25, 0.3) is 0 Å². The molecule has 0 spiro atoms. The van der Waals surface area contributed by atoms with Gasteiger partial charge < -0.3 is 5.32 Å². The van der Waals surface area contributed by atoms with Crippen LogP contribution in [0.5, 0.6) is 0 Å². The molecule has 1 rings (SSSR count). The van der Waals surface area contributed by atoms with Crippen LogP contribution in [0.25, 0.3) is 0 Å². The Kier molecular flexibility index (Phi) is 4.32. The lowest BCUT2D eigenvalue weighted by molar-refractivity contribution is -0.116. The number of nitrogens with one attached hydrogen (secondary N) is 1. The highest BCUT2D eigenvalue weighted by Crippen LogP contribution is 2.21. The van der Waals surface area contributed by atoms with E-state index in [0.717, 1.165) is 10.2 Å². The fourth-order valence-corrected chi connectivity index (χ4v) is 1.47. The Bertz CT molecular complexity index is 398. The van der Waals surface area contributed by atoms with Gasteiger partial charge in [-0.25, -0.2) is 0 Å². The number of para-hydroxylation sites is 1. The zero-order valence-electron chi connectivity index (χ0n) is 8.33. The third-order valence-electron chi connectivity index (χ3n) is 1.86. The van der Waals surface area contributed by atoms with E-state index >= 15 is 0 Å². The van der Waals surface area contributed by atoms with E-state index in [1.54, 1.807) is 13.0 Å². The van der Waals surface area contributed by atoms with Gasteiger partial charge in [-0.15, -0.1) is 0 Å². The van der Waals surface area contributed by atoms with Gasteiger partial charge in [0, 0.05) is 10.9 Å². The number of rotatable bonds is 3. The van der Waals surface area contributed by atoms with Gasteiger partial charge in [0.15, 0.2) is 0 Å². The van der Waals surface area contributed by atoms with Crippen LogP contribution in [0.4, 0.5) is 5.69 Å². The Hall–Kier alpha value is -1.34. The lowest BCUT2D eigenvalue weighted by Gasteiger charge is -2.07. The van der Waals surface area contributed by atoms with Crippen molar-refractivity contribution in [1.29, 1.82) is 5.26 Å². The maximum atomic E-state index is 11.5. The van der Waals surface area contributed by atoms with Crippen LogP contribution >= 0.6 is 15.9 Å². The molecule has 0 aromatic heterocycles. The summed E-state index contributed by atoms with van der Waals surface area (Å²) in [5.41, 5.74) is 0.729. The van der Waals surface area contributed by atoms with Crippen molar-refractivity contribution in [3.8, 4) is 6.07 Å². The van der Waals surface area contributed by atoms with E-state index < -0.39 is 0 Å². The number of nitrogens with zero attached hydrogens (tertiary/aromatic N) is 1. The van der Waals surface area contributed by atoms with Crippen LogP contribution in [0.3, 0.4) is 0 Å². The summed E-state index contributed by atoms with van der Waals surface area (Å²) in [6.45, 7) is 1.72. The summed E-state index contributed by atoms with van der Waals surface area (Å²) in [7, 11) is 0. The molecule has 1 atom stereocenters. The molecular weight excluding hydrogens is 256 g/mol. The molecule has 4 heteroatoms. The highest BCUT2D eigenvalue weighted by atomic mass is 79.9. The lowest BCUT2D eigenvalue weighted by Crippen LogP contribution is -2.14. The van der Waals surface area contributed by atoms with Gasteiger partial charge in [-0.3, -0.25) is 4.79 Å². The maximum Gasteiger partial charge on any atom is 0.225 e. The monoisotopic (exact) mass is 266 g/mol. The second-order valence-corrected chi connectivity index (χ2v) is 4.12. The number of hydrogen-bond acceptors (Lipinski definition) is 2. The number of halogens is 1. The molecular formula is C11H11BrN2O. The first-order valence-electron chi connectivity index (χ1n) is 4.57. The molecule has 15 heavy (non-hydrogen) atoms. The van der Waals surface area contributed by atoms with E-state index in [9.17, 15) is 4.79 Å². The standard InChI is InChI=1S/C11H11BrN2O/c1-8(7-13)6-11(15)14-10-5-3-2-4-9(10)12/h2-5,8H,6H2,1H3,(H,14,15). The van der Waals surface area contributed by atoms with Gasteiger partial charge in [0.2, 0.25) is 5.91 Å². The Balaban J connectivity index is 2.60. The topological polar surface area (TPSA) is 52.9 Å². The van der Waals surface area contributed by atoms with Crippen LogP contribution < -0.4 is 5.32 Å². The molecule has 0 bridgehead atoms. The van der Waals surface area contributed by atoms with Crippen LogP contribution in [0.1, 0.15) is 13.3 Å². The van der Waals surface area contributed by atoms with Crippen molar-refractivity contribution in [2.75, 3.05) is 5.32 Å². The maximum absolute atomic E-state index is 11.5. The minimum absolute atomic E-state index is 0.143. The molecule has 1 N–H and O–H groups in total. The average Bonchev–Trinajstić information content (AvgIpc) is 2.21. The summed E-state index contributed by atoms with van der Waals surface area (Å²) in [6, 6.07) is 9.39. The minimum Gasteiger partial charge on any atom is -0.325 e. The summed E-state index contributed by atoms with van der Waals surface area (Å²) >= 11 is 3.33. The van der Waals surface area contributed by atoms with E-state index in [1.807, 2.05) is 24.3 Å². The van der Waals surface area contributed by atoms with E-state index in [4.69, 9.17) is 5.26 Å². The largest absolute Gasteiger partial charge is 0.325 e. The predicted molar refractivity (Wildman–Crippen MR) is 62.2 cm³/mol. The van der Waals surface area contributed by atoms with Crippen molar-refractivity contribution in [3.63, 3.8) is 0 Å². The number of hydrogen-bond donors (Lipinski definition) is 1. The Morgan fingerprint density at radius 1 is 1.60 bits per heavy atom. The van der Waals surface area contributed by atoms with E-state index in [-0.39, 0.29) is 18.2 Å². The Morgan fingerprint density at radius 2 is 2.27 bits per heavy atom. The first-order chi connectivity index (χ1) is 7.13. The van der Waals surface area contributed by atoms with E-state index in [2.05, 4.69) is 21.2 Å². The summed E-state index contributed by atoms with van der Waals surface area (Å²) in [6.07, 6.45) is 0.220. The van der Waals surface area contributed by atoms with Crippen molar-refractivity contribution in [1.82, 2.24) is 0 Å². The Morgan fingerprint density at radius 3 is 2.87 bits per heavy atom. The Labute approximate surface area is 97.2 Å². The summed E-state index contributed by atoms with van der Waals surface area (Å²) < 4.78 is 0.836. The zero-order valence-corrected chi connectivity index (χ0v) is 9.91. The quantitative estimate of drug-likeness (QED) is 0.915. The second kappa shape index (κ2) is 5.52. The summed E-state index contributed by atoms with van der Waals surface area (Å²) in [4.78, 5) is 11.5. The number of carbonyl (C=O) groups is 1. The lowest BCUT2D eigenvalue weighted by atomic mass is 10.1. The molecule has 0 aliphatic heterocycles. The van der Waals surface area contributed by atoms with Gasteiger partial charge in [0.05, 0.1) is 17.7 Å². The van der Waals surface area contributed by atoms with Crippen molar-refractivity contribution < 1.29 is 4.79 Å². The van der Waals surface area contributed by atoms with Crippen molar-refractivity contribution in [2.45, 2.75) is 13.3 Å². The summed E-state index contributed by atoms with van der Waals surface area (Å²) in [5.74, 6) is -0.400. The smallest absolute Gasteiger partial charge is 0.225 e. The molecule has 0 radical (unpaired) electrons. The number of amides is 1. The van der Waals surface area contributed by atoms with Crippen molar-refractivity contribution in [2.24, 2.45) is 5.92 Å². The molecule has 1 amide bonds. The van der Waals surface area contributed by atoms with Crippen LogP contribution in [0.2, 0.25) is 0 Å². The van der Waals surface area contributed by atoms with E-state index in [1.165, 1.54) is 0 Å². The van der Waals surface area contributed by atoms with Gasteiger partial charge in [0.1, 0.15) is 0 Å². The molecule has 0 fully saturated rings. The van der Waals surface area contributed by atoms with Crippen molar-refractivity contribution in [3.05, 3.63) is 28.7 Å². The first-order valence-corrected chi connectivity index (χ1v) is 5.36. The van der Waals surface area contributed by atoms with Gasteiger partial charge in [-0.2, -0.15) is 5.26 Å². The number of carbonyl (C=O) groups excluding carboxylic acids is 1. The molecule has 1 unspecified atom stereocenters. The molecule has 0 saturated carbocycles. The molecule has 1 aromatic rings. The van der Waals surface area contributed by atoms with Crippen LogP contribution in [0.15, 0.2) is 28.7 Å². The molecule has 0 heterocycles. The molecule has 1 aromatic carbocycles. The number of anilines is 1. The molecule has 0 aliphatic rings. The van der Waals surface area contributed by atoms with Crippen LogP contribution in [-0.4, -0.2) is 5.91 Å². The highest BCUT2D eigenvalue weighted by molar-refractivity contribution is 9.10. The number of benzene rings is 1. The summed E-state index contributed by atoms with van der Waals surface area (Å²) in [5, 5.41) is 11.3. The van der Waals surface area contributed by atoms with Gasteiger partial charge in [-0.1, -0.05) is 12.1 Å². The predicted octanol–water partition coefficient (Wildman–Crippen LogP) is 2.94. The molecule has 0 saturated heterocycles. The third-order valence-corrected chi connectivity index (χ3v) is 2.55. The second-order valence-electron chi connectivity index (χ2n) is 3.26. The van der Waals surface area contributed by atoms with Gasteiger partial charge in [-0.05, 0) is 35.0 Å². The normalized spacial score (nSPS) is 11.5. The first kappa shape index (κ1) is 11.7. The highest BCUT2D eigenvalue weighted by Gasteiger charge is 2.09. The molecule has 3 nitrogen and oxygen atoms in total. The number of nitriles is 1. The fourth-order valence-electron chi connectivity index (χ4n) is 1.09. The van der Waals surface area contributed by atoms with E-state index in [0.29, 0.717) is 0 Å². The average molecular weight is 267 g/mol. The third kappa shape index (κ3) is 3.72. The fraction of sp³-hybridized carbons (Fsp3) is 0.273. The van der Waals surface area contributed by atoms with Crippen LogP contribution in [-0.2, 0) is 4.79 Å².